The fourth-order valence-electron chi connectivity index (χ4n) is 2.41. The Hall–Kier alpha value is -2.00. The molecule has 20 heavy (non-hydrogen) atoms. The first-order chi connectivity index (χ1) is 9.63. The summed E-state index contributed by atoms with van der Waals surface area (Å²) in [6.45, 7) is 2.87. The van der Waals surface area contributed by atoms with Gasteiger partial charge < -0.3 is 10.6 Å². The molecule has 3 rings (SSSR count). The van der Waals surface area contributed by atoms with E-state index in [1.165, 1.54) is 5.56 Å². The number of halogens is 1. The number of hydrogen-bond acceptors (Lipinski definition) is 2. The van der Waals surface area contributed by atoms with Crippen molar-refractivity contribution in [1.29, 1.82) is 0 Å². The van der Waals surface area contributed by atoms with E-state index in [2.05, 4.69) is 10.6 Å². The van der Waals surface area contributed by atoms with E-state index in [0.717, 1.165) is 29.9 Å². The second kappa shape index (κ2) is 5.17. The molecule has 1 aliphatic heterocycles. The van der Waals surface area contributed by atoms with Gasteiger partial charge in [-0.15, -0.1) is 0 Å². The second-order valence-corrected chi connectivity index (χ2v) is 5.40. The van der Waals surface area contributed by atoms with E-state index in [1.54, 1.807) is 6.07 Å². The van der Waals surface area contributed by atoms with Gasteiger partial charge in [-0.25, -0.2) is 0 Å². The third-order valence-electron chi connectivity index (χ3n) is 3.51. The zero-order valence-electron chi connectivity index (χ0n) is 11.2. The maximum Gasteiger partial charge on any atom is 0.255 e. The average Bonchev–Trinajstić information content (AvgIpc) is 2.89. The molecule has 3 nitrogen and oxygen atoms in total. The molecule has 1 amide bonds. The van der Waals surface area contributed by atoms with Crippen molar-refractivity contribution in [2.75, 3.05) is 17.2 Å². The van der Waals surface area contributed by atoms with Crippen LogP contribution in [0.2, 0.25) is 5.02 Å². The van der Waals surface area contributed by atoms with E-state index < -0.39 is 0 Å². The SMILES string of the molecule is Cc1cc(Cl)ccc1NC(=O)c1ccc2c(c1)CCN2. The van der Waals surface area contributed by atoms with Gasteiger partial charge in [-0.2, -0.15) is 0 Å². The zero-order valence-corrected chi connectivity index (χ0v) is 11.9. The quantitative estimate of drug-likeness (QED) is 0.880. The van der Waals surface area contributed by atoms with Crippen molar-refractivity contribution in [1.82, 2.24) is 0 Å². The van der Waals surface area contributed by atoms with Crippen molar-refractivity contribution in [3.8, 4) is 0 Å². The highest BCUT2D eigenvalue weighted by atomic mass is 35.5. The number of aryl methyl sites for hydroxylation is 1. The summed E-state index contributed by atoms with van der Waals surface area (Å²) in [6, 6.07) is 11.2. The third kappa shape index (κ3) is 2.49. The van der Waals surface area contributed by atoms with Crippen molar-refractivity contribution in [2.45, 2.75) is 13.3 Å². The van der Waals surface area contributed by atoms with Crippen LogP contribution >= 0.6 is 11.6 Å². The number of nitrogens with one attached hydrogen (secondary N) is 2. The van der Waals surface area contributed by atoms with Gasteiger partial charge in [0.25, 0.3) is 5.91 Å². The first kappa shape index (κ1) is 13.0. The summed E-state index contributed by atoms with van der Waals surface area (Å²) in [6.07, 6.45) is 0.969. The van der Waals surface area contributed by atoms with Gasteiger partial charge in [0.15, 0.2) is 0 Å². The minimum Gasteiger partial charge on any atom is -0.384 e. The van der Waals surface area contributed by atoms with Crippen LogP contribution in [0.3, 0.4) is 0 Å². The van der Waals surface area contributed by atoms with Crippen LogP contribution in [0.1, 0.15) is 21.5 Å². The van der Waals surface area contributed by atoms with Gasteiger partial charge >= 0.3 is 0 Å². The lowest BCUT2D eigenvalue weighted by molar-refractivity contribution is 0.102. The summed E-state index contributed by atoms with van der Waals surface area (Å²) < 4.78 is 0. The Kier molecular flexibility index (Phi) is 3.36. The van der Waals surface area contributed by atoms with Crippen molar-refractivity contribution in [2.24, 2.45) is 0 Å². The lowest BCUT2D eigenvalue weighted by Crippen LogP contribution is -2.12. The number of rotatable bonds is 2. The Balaban J connectivity index is 1.82. The highest BCUT2D eigenvalue weighted by Crippen LogP contribution is 2.24. The molecule has 0 aliphatic carbocycles. The van der Waals surface area contributed by atoms with Crippen molar-refractivity contribution in [3.63, 3.8) is 0 Å². The molecule has 2 aromatic carbocycles. The minimum atomic E-state index is -0.0925. The monoisotopic (exact) mass is 286 g/mol. The van der Waals surface area contributed by atoms with Crippen LogP contribution in [0.25, 0.3) is 0 Å². The molecule has 0 spiro atoms. The van der Waals surface area contributed by atoms with Crippen LogP contribution in [0, 0.1) is 6.92 Å². The predicted octanol–water partition coefficient (Wildman–Crippen LogP) is 3.87. The van der Waals surface area contributed by atoms with Crippen LogP contribution < -0.4 is 10.6 Å². The normalized spacial score (nSPS) is 12.7. The summed E-state index contributed by atoms with van der Waals surface area (Å²) in [5.74, 6) is -0.0925. The summed E-state index contributed by atoms with van der Waals surface area (Å²) in [5, 5.41) is 6.88. The Morgan fingerprint density at radius 3 is 2.90 bits per heavy atom. The Labute approximate surface area is 123 Å². The molecule has 1 heterocycles. The summed E-state index contributed by atoms with van der Waals surface area (Å²) in [4.78, 5) is 12.3. The number of benzene rings is 2. The maximum absolute atomic E-state index is 12.3. The molecule has 2 N–H and O–H groups in total. The van der Waals surface area contributed by atoms with Crippen LogP contribution in [-0.2, 0) is 6.42 Å². The molecule has 0 atom stereocenters. The molecular weight excluding hydrogens is 272 g/mol. The fraction of sp³-hybridized carbons (Fsp3) is 0.188. The Morgan fingerprint density at radius 1 is 1.25 bits per heavy atom. The van der Waals surface area contributed by atoms with E-state index >= 15 is 0 Å². The van der Waals surface area contributed by atoms with E-state index in [4.69, 9.17) is 11.6 Å². The smallest absolute Gasteiger partial charge is 0.255 e. The molecular formula is C16H15ClN2O. The topological polar surface area (TPSA) is 41.1 Å². The summed E-state index contributed by atoms with van der Waals surface area (Å²) in [7, 11) is 0. The van der Waals surface area contributed by atoms with Crippen LogP contribution in [-0.4, -0.2) is 12.5 Å². The lowest BCUT2D eigenvalue weighted by atomic mass is 10.1. The average molecular weight is 287 g/mol. The second-order valence-electron chi connectivity index (χ2n) is 4.96. The summed E-state index contributed by atoms with van der Waals surface area (Å²) in [5.41, 5.74) is 4.75. The van der Waals surface area contributed by atoms with Crippen LogP contribution in [0.4, 0.5) is 11.4 Å². The van der Waals surface area contributed by atoms with Crippen molar-refractivity contribution < 1.29 is 4.79 Å². The number of hydrogen-bond donors (Lipinski definition) is 2. The molecule has 1 aliphatic rings. The maximum atomic E-state index is 12.3. The highest BCUT2D eigenvalue weighted by molar-refractivity contribution is 6.30. The van der Waals surface area contributed by atoms with Gasteiger partial charge in [-0.05, 0) is 60.9 Å². The molecule has 0 unspecified atom stereocenters. The largest absolute Gasteiger partial charge is 0.384 e. The number of carbonyl (C=O) groups is 1. The first-order valence-electron chi connectivity index (χ1n) is 6.58. The lowest BCUT2D eigenvalue weighted by Gasteiger charge is -2.09. The van der Waals surface area contributed by atoms with Crippen molar-refractivity contribution >= 4 is 28.9 Å². The van der Waals surface area contributed by atoms with Gasteiger partial charge in [0.2, 0.25) is 0 Å². The van der Waals surface area contributed by atoms with E-state index in [9.17, 15) is 4.79 Å². The first-order valence-corrected chi connectivity index (χ1v) is 6.95. The Morgan fingerprint density at radius 2 is 2.10 bits per heavy atom. The molecule has 0 aromatic heterocycles. The molecule has 0 saturated heterocycles. The van der Waals surface area contributed by atoms with E-state index in [0.29, 0.717) is 10.6 Å². The third-order valence-corrected chi connectivity index (χ3v) is 3.75. The predicted molar refractivity (Wildman–Crippen MR) is 82.8 cm³/mol. The number of carbonyl (C=O) groups excluding carboxylic acids is 1. The van der Waals surface area contributed by atoms with Gasteiger partial charge in [0, 0.05) is 28.5 Å². The van der Waals surface area contributed by atoms with E-state index in [1.807, 2.05) is 37.3 Å². The van der Waals surface area contributed by atoms with Crippen LogP contribution in [0.15, 0.2) is 36.4 Å². The van der Waals surface area contributed by atoms with Gasteiger partial charge in [-0.3, -0.25) is 4.79 Å². The van der Waals surface area contributed by atoms with Gasteiger partial charge in [0.1, 0.15) is 0 Å². The Bertz CT molecular complexity index is 682. The van der Waals surface area contributed by atoms with Crippen molar-refractivity contribution in [3.05, 3.63) is 58.1 Å². The van der Waals surface area contributed by atoms with Gasteiger partial charge in [-0.1, -0.05) is 11.6 Å². The molecule has 0 saturated carbocycles. The zero-order chi connectivity index (χ0) is 14.1. The number of amides is 1. The molecule has 0 fully saturated rings. The van der Waals surface area contributed by atoms with Gasteiger partial charge in [0.05, 0.1) is 0 Å². The number of anilines is 2. The molecule has 2 aromatic rings. The molecule has 4 heteroatoms. The number of fused-ring (bicyclic) bond motifs is 1. The minimum absolute atomic E-state index is 0.0925. The molecule has 0 bridgehead atoms. The standard InChI is InChI=1S/C16H15ClN2O/c1-10-8-13(17)3-5-14(10)19-16(20)12-2-4-15-11(9-12)6-7-18-15/h2-5,8-9,18H,6-7H2,1H3,(H,19,20). The van der Waals surface area contributed by atoms with Crippen LogP contribution in [0.5, 0.6) is 0 Å². The molecule has 0 radical (unpaired) electrons. The molecule has 102 valence electrons. The summed E-state index contributed by atoms with van der Waals surface area (Å²) >= 11 is 5.91. The highest BCUT2D eigenvalue weighted by Gasteiger charge is 2.14. The van der Waals surface area contributed by atoms with E-state index in [-0.39, 0.29) is 5.91 Å². The fourth-order valence-corrected chi connectivity index (χ4v) is 2.63.